The molecule has 7 heteroatoms. The number of nitrogens with one attached hydrogen (secondary N) is 1. The smallest absolute Gasteiger partial charge is 0.360 e. The van der Waals surface area contributed by atoms with Gasteiger partial charge in [-0.2, -0.15) is 0 Å². The van der Waals surface area contributed by atoms with Crippen molar-refractivity contribution in [2.45, 2.75) is 19.1 Å². The molecule has 0 aliphatic heterocycles. The highest BCUT2D eigenvalue weighted by Crippen LogP contribution is 2.16. The Morgan fingerprint density at radius 3 is 2.80 bits per heavy atom. The molecule has 1 heterocycles. The molecule has 2 rings (SSSR count). The van der Waals surface area contributed by atoms with Crippen LogP contribution in [-0.2, 0) is 20.9 Å². The molecular formula is C18H18N2O5. The van der Waals surface area contributed by atoms with Crippen LogP contribution in [0.2, 0.25) is 0 Å². The van der Waals surface area contributed by atoms with Crippen LogP contribution in [0.5, 0.6) is 0 Å². The third kappa shape index (κ3) is 5.19. The first-order valence-corrected chi connectivity index (χ1v) is 7.52. The number of nitrogens with zero attached hydrogens (tertiary/aromatic N) is 1. The average molecular weight is 342 g/mol. The van der Waals surface area contributed by atoms with E-state index in [-0.39, 0.29) is 36.6 Å². The van der Waals surface area contributed by atoms with E-state index in [9.17, 15) is 9.59 Å². The van der Waals surface area contributed by atoms with Crippen LogP contribution in [0.3, 0.4) is 0 Å². The van der Waals surface area contributed by atoms with Crippen molar-refractivity contribution in [3.63, 3.8) is 0 Å². The Kier molecular flexibility index (Phi) is 6.75. The maximum absolute atomic E-state index is 12.1. The number of oxazole rings is 1. The summed E-state index contributed by atoms with van der Waals surface area (Å²) in [4.78, 5) is 27.3. The third-order valence-electron chi connectivity index (χ3n) is 3.35. The summed E-state index contributed by atoms with van der Waals surface area (Å²) in [5.41, 5.74) is 0.939. The molecule has 0 aliphatic carbocycles. The Bertz CT molecular complexity index is 748. The highest BCUT2D eigenvalue weighted by Gasteiger charge is 2.18. The molecule has 7 nitrogen and oxygen atoms in total. The maximum atomic E-state index is 12.1. The lowest BCUT2D eigenvalue weighted by molar-refractivity contribution is -0.127. The van der Waals surface area contributed by atoms with Crippen LogP contribution in [0.4, 0.5) is 0 Å². The van der Waals surface area contributed by atoms with Crippen LogP contribution in [0.15, 0.2) is 41.1 Å². The van der Waals surface area contributed by atoms with E-state index in [1.165, 1.54) is 7.11 Å². The largest absolute Gasteiger partial charge is 0.464 e. The number of ether oxygens (including phenoxy) is 2. The van der Waals surface area contributed by atoms with E-state index in [0.29, 0.717) is 6.42 Å². The molecule has 0 aliphatic rings. The lowest BCUT2D eigenvalue weighted by atomic mass is 10.0. The number of amides is 1. The maximum Gasteiger partial charge on any atom is 0.360 e. The zero-order chi connectivity index (χ0) is 18.1. The predicted octanol–water partition coefficient (Wildman–Crippen LogP) is 1.86. The fourth-order valence-electron chi connectivity index (χ4n) is 2.16. The second-order valence-corrected chi connectivity index (χ2v) is 5.05. The van der Waals surface area contributed by atoms with E-state index in [4.69, 9.17) is 15.6 Å². The van der Waals surface area contributed by atoms with E-state index in [1.807, 2.05) is 30.3 Å². The number of hydrogen-bond donors (Lipinski definition) is 1. The van der Waals surface area contributed by atoms with Crippen molar-refractivity contribution in [3.8, 4) is 12.3 Å². The van der Waals surface area contributed by atoms with Crippen molar-refractivity contribution in [1.82, 2.24) is 10.3 Å². The molecule has 2 aromatic rings. The summed E-state index contributed by atoms with van der Waals surface area (Å²) < 4.78 is 14.9. The van der Waals surface area contributed by atoms with E-state index in [0.717, 1.165) is 12.0 Å². The third-order valence-corrected chi connectivity index (χ3v) is 3.35. The van der Waals surface area contributed by atoms with Crippen LogP contribution in [0.25, 0.3) is 0 Å². The molecule has 25 heavy (non-hydrogen) atoms. The molecule has 1 aromatic carbocycles. The van der Waals surface area contributed by atoms with Gasteiger partial charge in [0.15, 0.2) is 17.8 Å². The van der Waals surface area contributed by atoms with Gasteiger partial charge >= 0.3 is 5.97 Å². The first-order chi connectivity index (χ1) is 12.2. The van der Waals surface area contributed by atoms with Gasteiger partial charge in [-0.05, 0) is 5.56 Å². The van der Waals surface area contributed by atoms with E-state index < -0.39 is 5.97 Å². The normalized spacial score (nSPS) is 11.4. The SMILES string of the molecule is C#CCC(NC(=O)COCc1ocnc1C(=O)OC)c1ccccc1. The van der Waals surface area contributed by atoms with Gasteiger partial charge in [0.1, 0.15) is 13.2 Å². The van der Waals surface area contributed by atoms with E-state index in [1.54, 1.807) is 0 Å². The number of carbonyl (C=O) groups is 2. The van der Waals surface area contributed by atoms with Gasteiger partial charge in [-0.3, -0.25) is 4.79 Å². The molecule has 0 radical (unpaired) electrons. The summed E-state index contributed by atoms with van der Waals surface area (Å²) in [6.07, 6.45) is 6.85. The predicted molar refractivity (Wildman–Crippen MR) is 88.3 cm³/mol. The summed E-state index contributed by atoms with van der Waals surface area (Å²) in [6, 6.07) is 9.12. The molecule has 0 saturated carbocycles. The first kappa shape index (κ1) is 18.2. The first-order valence-electron chi connectivity index (χ1n) is 7.52. The highest BCUT2D eigenvalue weighted by atomic mass is 16.5. The molecule has 0 fully saturated rings. The fraction of sp³-hybridized carbons (Fsp3) is 0.278. The van der Waals surface area contributed by atoms with Gasteiger partial charge in [0, 0.05) is 6.42 Å². The number of methoxy groups -OCH3 is 1. The molecule has 0 spiro atoms. The minimum Gasteiger partial charge on any atom is -0.464 e. The van der Waals surface area contributed by atoms with Crippen molar-refractivity contribution >= 4 is 11.9 Å². The number of carbonyl (C=O) groups excluding carboxylic acids is 2. The highest BCUT2D eigenvalue weighted by molar-refractivity contribution is 5.88. The van der Waals surface area contributed by atoms with E-state index >= 15 is 0 Å². The van der Waals surface area contributed by atoms with Gasteiger partial charge in [0.25, 0.3) is 0 Å². The van der Waals surface area contributed by atoms with Crippen molar-refractivity contribution in [1.29, 1.82) is 0 Å². The number of terminal acetylenes is 1. The zero-order valence-electron chi connectivity index (χ0n) is 13.7. The number of rotatable bonds is 8. The van der Waals surface area contributed by atoms with Gasteiger partial charge in [-0.15, -0.1) is 12.3 Å². The van der Waals surface area contributed by atoms with Crippen LogP contribution in [0.1, 0.15) is 34.3 Å². The average Bonchev–Trinajstić information content (AvgIpc) is 3.10. The van der Waals surface area contributed by atoms with Crippen LogP contribution in [-0.4, -0.2) is 30.6 Å². The minimum atomic E-state index is -0.630. The van der Waals surface area contributed by atoms with Crippen molar-refractivity contribution < 1.29 is 23.5 Å². The quantitative estimate of drug-likeness (QED) is 0.582. The number of aromatic nitrogens is 1. The Morgan fingerprint density at radius 2 is 2.12 bits per heavy atom. The van der Waals surface area contributed by atoms with Gasteiger partial charge in [0.05, 0.1) is 13.2 Å². The van der Waals surface area contributed by atoms with Crippen LogP contribution >= 0.6 is 0 Å². The summed E-state index contributed by atoms with van der Waals surface area (Å²) in [7, 11) is 1.24. The Hall–Kier alpha value is -3.11. The zero-order valence-corrected chi connectivity index (χ0v) is 13.7. The topological polar surface area (TPSA) is 90.7 Å². The molecule has 0 bridgehead atoms. The number of hydrogen-bond acceptors (Lipinski definition) is 6. The molecule has 130 valence electrons. The monoisotopic (exact) mass is 342 g/mol. The standard InChI is InChI=1S/C18H18N2O5/c1-3-7-14(13-8-5-4-6-9-13)20-16(21)11-24-10-15-17(18(22)23-2)19-12-25-15/h1,4-6,8-9,12,14H,7,10-11H2,2H3,(H,20,21). The lowest BCUT2D eigenvalue weighted by Crippen LogP contribution is -2.31. The molecule has 1 aromatic heterocycles. The lowest BCUT2D eigenvalue weighted by Gasteiger charge is -2.16. The summed E-state index contributed by atoms with van der Waals surface area (Å²) >= 11 is 0. The van der Waals surface area contributed by atoms with Crippen molar-refractivity contribution in [2.75, 3.05) is 13.7 Å². The second-order valence-electron chi connectivity index (χ2n) is 5.05. The summed E-state index contributed by atoms with van der Waals surface area (Å²) in [5.74, 6) is 1.78. The van der Waals surface area contributed by atoms with Gasteiger partial charge in [-0.1, -0.05) is 30.3 Å². The molecule has 1 unspecified atom stereocenters. The van der Waals surface area contributed by atoms with Gasteiger partial charge in [-0.25, -0.2) is 9.78 Å². The molecule has 1 N–H and O–H groups in total. The molecular weight excluding hydrogens is 324 g/mol. The van der Waals surface area contributed by atoms with Crippen molar-refractivity contribution in [2.24, 2.45) is 0 Å². The Morgan fingerprint density at radius 1 is 1.36 bits per heavy atom. The molecule has 0 saturated heterocycles. The van der Waals surface area contributed by atoms with Crippen LogP contribution in [0, 0.1) is 12.3 Å². The fourth-order valence-corrected chi connectivity index (χ4v) is 2.16. The summed E-state index contributed by atoms with van der Waals surface area (Å²) in [6.45, 7) is -0.293. The van der Waals surface area contributed by atoms with E-state index in [2.05, 4.69) is 21.0 Å². The molecule has 1 atom stereocenters. The summed E-state index contributed by atoms with van der Waals surface area (Å²) in [5, 5.41) is 2.82. The van der Waals surface area contributed by atoms with Gasteiger partial charge < -0.3 is 19.2 Å². The number of esters is 1. The molecule has 1 amide bonds. The van der Waals surface area contributed by atoms with Gasteiger partial charge in [0.2, 0.25) is 5.91 Å². The van der Waals surface area contributed by atoms with Crippen LogP contribution < -0.4 is 5.32 Å². The Labute approximate surface area is 145 Å². The second kappa shape index (κ2) is 9.25. The Balaban J connectivity index is 1.87. The minimum absolute atomic E-state index is 0.0254. The van der Waals surface area contributed by atoms with Crippen molar-refractivity contribution in [3.05, 3.63) is 53.7 Å². The number of benzene rings is 1.